The van der Waals surface area contributed by atoms with Crippen LogP contribution in [0.1, 0.15) is 67.7 Å². The van der Waals surface area contributed by atoms with Crippen LogP contribution in [0.3, 0.4) is 0 Å². The second kappa shape index (κ2) is 14.1. The Balaban J connectivity index is 5.48. The zero-order valence-electron chi connectivity index (χ0n) is 20.3. The molecule has 0 bridgehead atoms. The fourth-order valence-corrected chi connectivity index (χ4v) is 3.18. The summed E-state index contributed by atoms with van der Waals surface area (Å²) in [4.78, 5) is 49.6. The third kappa shape index (κ3) is 10.4. The molecule has 32 heavy (non-hydrogen) atoms. The molecule has 0 radical (unpaired) electrons. The van der Waals surface area contributed by atoms with Gasteiger partial charge in [-0.25, -0.2) is 4.79 Å². The lowest BCUT2D eigenvalue weighted by Crippen LogP contribution is -2.61. The molecule has 3 amide bonds. The van der Waals surface area contributed by atoms with Gasteiger partial charge in [-0.2, -0.15) is 0 Å². The molecule has 7 N–H and O–H groups in total. The van der Waals surface area contributed by atoms with Gasteiger partial charge in [-0.15, -0.1) is 0 Å². The van der Waals surface area contributed by atoms with Crippen molar-refractivity contribution in [3.63, 3.8) is 0 Å². The largest absolute Gasteiger partial charge is 0.480 e. The minimum atomic E-state index is -1.31. The van der Waals surface area contributed by atoms with Gasteiger partial charge in [0.15, 0.2) is 0 Å². The van der Waals surface area contributed by atoms with Crippen LogP contribution in [-0.2, 0) is 19.2 Å². The molecule has 0 heterocycles. The minimum absolute atomic E-state index is 0.0397. The van der Waals surface area contributed by atoms with Gasteiger partial charge < -0.3 is 31.9 Å². The van der Waals surface area contributed by atoms with E-state index < -0.39 is 54.0 Å². The van der Waals surface area contributed by atoms with E-state index in [2.05, 4.69) is 16.0 Å². The lowest BCUT2D eigenvalue weighted by Gasteiger charge is -2.29. The van der Waals surface area contributed by atoms with E-state index in [0.29, 0.717) is 12.8 Å². The third-order valence-corrected chi connectivity index (χ3v) is 5.24. The van der Waals surface area contributed by atoms with Crippen molar-refractivity contribution < 1.29 is 29.4 Å². The normalized spacial score (nSPS) is 17.1. The summed E-state index contributed by atoms with van der Waals surface area (Å²) >= 11 is 0. The second-order valence-electron chi connectivity index (χ2n) is 9.36. The molecule has 10 nitrogen and oxygen atoms in total. The molecule has 0 aliphatic carbocycles. The summed E-state index contributed by atoms with van der Waals surface area (Å²) in [5, 5.41) is 27.0. The van der Waals surface area contributed by atoms with E-state index in [1.54, 1.807) is 6.92 Å². The summed E-state index contributed by atoms with van der Waals surface area (Å²) in [5.74, 6) is -3.23. The topological polar surface area (TPSA) is 171 Å². The monoisotopic (exact) mass is 458 g/mol. The van der Waals surface area contributed by atoms with Crippen LogP contribution in [0.2, 0.25) is 0 Å². The summed E-state index contributed by atoms with van der Waals surface area (Å²) in [7, 11) is 0. The third-order valence-electron chi connectivity index (χ3n) is 5.24. The number of nitrogens with one attached hydrogen (secondary N) is 3. The summed E-state index contributed by atoms with van der Waals surface area (Å²) in [5.41, 5.74) is 5.86. The van der Waals surface area contributed by atoms with Gasteiger partial charge in [0.2, 0.25) is 17.7 Å². The Morgan fingerprint density at radius 3 is 1.66 bits per heavy atom. The van der Waals surface area contributed by atoms with E-state index in [-0.39, 0.29) is 24.2 Å². The number of aliphatic hydroxyl groups excluding tert-OH is 1. The molecule has 0 rings (SSSR count). The number of aliphatic carboxylic acids is 1. The van der Waals surface area contributed by atoms with Crippen LogP contribution in [0.5, 0.6) is 0 Å². The van der Waals surface area contributed by atoms with Gasteiger partial charge in [0, 0.05) is 0 Å². The van der Waals surface area contributed by atoms with Crippen molar-refractivity contribution in [3.8, 4) is 0 Å². The molecule has 186 valence electrons. The van der Waals surface area contributed by atoms with Gasteiger partial charge in [0.05, 0.1) is 12.1 Å². The molecule has 0 saturated heterocycles. The van der Waals surface area contributed by atoms with Crippen molar-refractivity contribution in [1.29, 1.82) is 0 Å². The summed E-state index contributed by atoms with van der Waals surface area (Å²) in [6.07, 6.45) is -0.0590. The highest BCUT2D eigenvalue weighted by atomic mass is 16.4. The van der Waals surface area contributed by atoms with E-state index in [9.17, 15) is 29.4 Å². The molecule has 0 aromatic heterocycles. The molecular formula is C22H42N4O6. The van der Waals surface area contributed by atoms with Gasteiger partial charge >= 0.3 is 5.97 Å². The quantitative estimate of drug-likeness (QED) is 0.218. The predicted octanol–water partition coefficient (Wildman–Crippen LogP) is 0.372. The Bertz CT molecular complexity index is 638. The number of hydrogen-bond donors (Lipinski definition) is 6. The maximum atomic E-state index is 12.9. The first-order chi connectivity index (χ1) is 14.7. The smallest absolute Gasteiger partial charge is 0.326 e. The van der Waals surface area contributed by atoms with E-state index in [0.717, 1.165) is 0 Å². The average molecular weight is 459 g/mol. The number of nitrogens with two attached hydrogens (primary N) is 1. The molecule has 0 saturated carbocycles. The van der Waals surface area contributed by atoms with Crippen LogP contribution in [0.25, 0.3) is 0 Å². The summed E-state index contributed by atoms with van der Waals surface area (Å²) in [6, 6.07) is -4.28. The highest BCUT2D eigenvalue weighted by molar-refractivity contribution is 5.94. The van der Waals surface area contributed by atoms with Crippen LogP contribution in [-0.4, -0.2) is 64.2 Å². The number of amides is 3. The number of aliphatic hydroxyl groups is 1. The number of carbonyl (C=O) groups excluding carboxylic acids is 3. The molecule has 0 aromatic carbocycles. The fourth-order valence-electron chi connectivity index (χ4n) is 3.18. The Morgan fingerprint density at radius 2 is 1.25 bits per heavy atom. The molecule has 0 aliphatic heterocycles. The molecule has 6 unspecified atom stereocenters. The Morgan fingerprint density at radius 1 is 0.781 bits per heavy atom. The molecule has 0 spiro atoms. The van der Waals surface area contributed by atoms with Crippen LogP contribution < -0.4 is 21.7 Å². The standard InChI is InChI=1S/C22H42N4O6/c1-8-13(6)17(20(29)24-16(22(31)32)10-12(4)5)25-21(30)18(14(7)27)26-19(28)15(23)9-11(2)3/h11-18,27H,8-10,23H2,1-7H3,(H,24,29)(H,25,30)(H,26,28)(H,31,32). The van der Waals surface area contributed by atoms with E-state index in [1.165, 1.54) is 6.92 Å². The zero-order valence-corrected chi connectivity index (χ0v) is 20.3. The van der Waals surface area contributed by atoms with Crippen LogP contribution in [0.15, 0.2) is 0 Å². The molecule has 0 fully saturated rings. The number of carbonyl (C=O) groups is 4. The van der Waals surface area contributed by atoms with Crippen molar-refractivity contribution in [2.24, 2.45) is 23.5 Å². The highest BCUT2D eigenvalue weighted by Gasteiger charge is 2.34. The fraction of sp³-hybridized carbons (Fsp3) is 0.818. The molecule has 0 aromatic rings. The lowest BCUT2D eigenvalue weighted by molar-refractivity contribution is -0.143. The van der Waals surface area contributed by atoms with Gasteiger partial charge in [-0.1, -0.05) is 48.0 Å². The highest BCUT2D eigenvalue weighted by Crippen LogP contribution is 2.12. The first kappa shape index (κ1) is 29.8. The van der Waals surface area contributed by atoms with Crippen molar-refractivity contribution in [3.05, 3.63) is 0 Å². The van der Waals surface area contributed by atoms with Crippen LogP contribution >= 0.6 is 0 Å². The lowest BCUT2D eigenvalue weighted by atomic mass is 9.96. The van der Waals surface area contributed by atoms with E-state index in [4.69, 9.17) is 5.73 Å². The first-order valence-electron chi connectivity index (χ1n) is 11.3. The van der Waals surface area contributed by atoms with Gasteiger partial charge in [0.25, 0.3) is 0 Å². The average Bonchev–Trinajstić information content (AvgIpc) is 2.67. The number of carboxylic acids is 1. The maximum absolute atomic E-state index is 12.9. The minimum Gasteiger partial charge on any atom is -0.480 e. The van der Waals surface area contributed by atoms with Crippen molar-refractivity contribution in [2.75, 3.05) is 0 Å². The molecular weight excluding hydrogens is 416 g/mol. The zero-order chi connectivity index (χ0) is 25.2. The van der Waals surface area contributed by atoms with Crippen molar-refractivity contribution in [2.45, 2.75) is 98.0 Å². The van der Waals surface area contributed by atoms with E-state index >= 15 is 0 Å². The maximum Gasteiger partial charge on any atom is 0.326 e. The Labute approximate surface area is 191 Å². The summed E-state index contributed by atoms with van der Waals surface area (Å²) in [6.45, 7) is 12.4. The Kier molecular flexibility index (Phi) is 13.1. The summed E-state index contributed by atoms with van der Waals surface area (Å²) < 4.78 is 0. The van der Waals surface area contributed by atoms with E-state index in [1.807, 2.05) is 34.6 Å². The number of hydrogen-bond acceptors (Lipinski definition) is 6. The molecule has 6 atom stereocenters. The molecule has 0 aliphatic rings. The van der Waals surface area contributed by atoms with Gasteiger partial charge in [-0.3, -0.25) is 14.4 Å². The van der Waals surface area contributed by atoms with Crippen molar-refractivity contribution >= 4 is 23.7 Å². The first-order valence-corrected chi connectivity index (χ1v) is 11.3. The SMILES string of the molecule is CCC(C)C(NC(=O)C(NC(=O)C(N)CC(C)C)C(C)O)C(=O)NC(CC(C)C)C(=O)O. The van der Waals surface area contributed by atoms with Gasteiger partial charge in [-0.05, 0) is 37.5 Å². The van der Waals surface area contributed by atoms with Crippen LogP contribution in [0, 0.1) is 17.8 Å². The van der Waals surface area contributed by atoms with Gasteiger partial charge in [0.1, 0.15) is 18.1 Å². The Hall–Kier alpha value is -2.20. The number of rotatable bonds is 14. The van der Waals surface area contributed by atoms with Crippen LogP contribution in [0.4, 0.5) is 0 Å². The predicted molar refractivity (Wildman–Crippen MR) is 121 cm³/mol. The number of carboxylic acid groups (broad SMARTS) is 1. The molecule has 10 heteroatoms. The van der Waals surface area contributed by atoms with Crippen molar-refractivity contribution in [1.82, 2.24) is 16.0 Å². The second-order valence-corrected chi connectivity index (χ2v) is 9.36.